The van der Waals surface area contributed by atoms with Crippen molar-refractivity contribution in [1.29, 1.82) is 0 Å². The van der Waals surface area contributed by atoms with Crippen LogP contribution in [0.1, 0.15) is 5.56 Å². The second-order valence-electron chi connectivity index (χ2n) is 4.89. The van der Waals surface area contributed by atoms with Crippen molar-refractivity contribution in [1.82, 2.24) is 0 Å². The molecule has 1 nitrogen and oxygen atoms in total. The Morgan fingerprint density at radius 1 is 1.11 bits per heavy atom. The molecule has 2 aromatic carbocycles. The number of thioether (sulfide) groups is 2. The molecule has 3 rings (SSSR count). The standard InChI is InChI=1S/C16H18OS2/c17-15(16-11-18-8-9-19-16)10-13-6-3-5-12-4-1-2-7-14(12)13/h1-7,15-17H,8-11H2. The summed E-state index contributed by atoms with van der Waals surface area (Å²) in [6.45, 7) is 0. The minimum absolute atomic E-state index is 0.233. The van der Waals surface area contributed by atoms with Gasteiger partial charge in [0.25, 0.3) is 0 Å². The normalized spacial score (nSPS) is 21.4. The number of aliphatic hydroxyl groups excluding tert-OH is 1. The van der Waals surface area contributed by atoms with E-state index in [0.717, 1.165) is 12.2 Å². The third-order valence-electron chi connectivity index (χ3n) is 3.58. The second-order valence-corrected chi connectivity index (χ2v) is 7.39. The van der Waals surface area contributed by atoms with Crippen LogP contribution in [-0.4, -0.2) is 33.7 Å². The van der Waals surface area contributed by atoms with Crippen molar-refractivity contribution in [2.75, 3.05) is 17.3 Å². The summed E-state index contributed by atoms with van der Waals surface area (Å²) in [5.41, 5.74) is 1.27. The predicted molar refractivity (Wildman–Crippen MR) is 87.2 cm³/mol. The van der Waals surface area contributed by atoms with Crippen LogP contribution in [-0.2, 0) is 6.42 Å². The van der Waals surface area contributed by atoms with Gasteiger partial charge < -0.3 is 5.11 Å². The molecule has 3 heteroatoms. The molecule has 0 aromatic heterocycles. The highest BCUT2D eigenvalue weighted by molar-refractivity contribution is 8.06. The van der Waals surface area contributed by atoms with Gasteiger partial charge in [0.1, 0.15) is 0 Å². The summed E-state index contributed by atoms with van der Waals surface area (Å²) < 4.78 is 0. The van der Waals surface area contributed by atoms with Crippen molar-refractivity contribution in [3.05, 3.63) is 48.0 Å². The summed E-state index contributed by atoms with van der Waals surface area (Å²) >= 11 is 3.89. The molecule has 2 aromatic rings. The average Bonchev–Trinajstić information content (AvgIpc) is 2.48. The van der Waals surface area contributed by atoms with E-state index in [1.807, 2.05) is 23.5 Å². The quantitative estimate of drug-likeness (QED) is 0.933. The molecule has 1 fully saturated rings. The van der Waals surface area contributed by atoms with Crippen molar-refractivity contribution < 1.29 is 5.11 Å². The highest BCUT2D eigenvalue weighted by Crippen LogP contribution is 2.29. The Morgan fingerprint density at radius 3 is 2.79 bits per heavy atom. The van der Waals surface area contributed by atoms with Crippen molar-refractivity contribution in [3.63, 3.8) is 0 Å². The van der Waals surface area contributed by atoms with E-state index in [1.165, 1.54) is 27.8 Å². The molecule has 0 saturated carbocycles. The summed E-state index contributed by atoms with van der Waals surface area (Å²) in [5.74, 6) is 3.47. The molecule has 0 bridgehead atoms. The van der Waals surface area contributed by atoms with Crippen LogP contribution in [0, 0.1) is 0 Å². The topological polar surface area (TPSA) is 20.2 Å². The second kappa shape index (κ2) is 6.21. The first-order chi connectivity index (χ1) is 9.34. The van der Waals surface area contributed by atoms with Crippen LogP contribution < -0.4 is 0 Å². The van der Waals surface area contributed by atoms with E-state index in [4.69, 9.17) is 0 Å². The first-order valence-electron chi connectivity index (χ1n) is 6.68. The minimum Gasteiger partial charge on any atom is -0.392 e. The lowest BCUT2D eigenvalue weighted by molar-refractivity contribution is 0.178. The molecule has 0 spiro atoms. The van der Waals surface area contributed by atoms with Crippen LogP contribution in [0.5, 0.6) is 0 Å². The average molecular weight is 290 g/mol. The molecule has 1 saturated heterocycles. The van der Waals surface area contributed by atoms with Gasteiger partial charge in [-0.3, -0.25) is 0 Å². The number of hydrogen-bond donors (Lipinski definition) is 1. The zero-order valence-electron chi connectivity index (χ0n) is 10.8. The van der Waals surface area contributed by atoms with Crippen molar-refractivity contribution in [2.24, 2.45) is 0 Å². The maximum atomic E-state index is 10.5. The lowest BCUT2D eigenvalue weighted by Crippen LogP contribution is -2.30. The first-order valence-corrected chi connectivity index (χ1v) is 8.89. The van der Waals surface area contributed by atoms with Gasteiger partial charge in [0.05, 0.1) is 6.10 Å². The van der Waals surface area contributed by atoms with Crippen molar-refractivity contribution in [3.8, 4) is 0 Å². The number of rotatable bonds is 3. The number of fused-ring (bicyclic) bond motifs is 1. The Hall–Kier alpha value is -0.640. The van der Waals surface area contributed by atoms with Gasteiger partial charge >= 0.3 is 0 Å². The molecule has 0 aliphatic carbocycles. The summed E-state index contributed by atoms with van der Waals surface area (Å²) in [6, 6.07) is 14.8. The molecular weight excluding hydrogens is 272 g/mol. The summed E-state index contributed by atoms with van der Waals surface area (Å²) in [4.78, 5) is 0. The number of aliphatic hydroxyl groups is 1. The Morgan fingerprint density at radius 2 is 1.95 bits per heavy atom. The fourth-order valence-electron chi connectivity index (χ4n) is 2.56. The maximum absolute atomic E-state index is 10.5. The monoisotopic (exact) mass is 290 g/mol. The zero-order valence-corrected chi connectivity index (χ0v) is 12.4. The van der Waals surface area contributed by atoms with Crippen LogP contribution in [0.2, 0.25) is 0 Å². The molecule has 0 amide bonds. The van der Waals surface area contributed by atoms with Gasteiger partial charge in [-0.05, 0) is 16.3 Å². The molecule has 1 heterocycles. The summed E-state index contributed by atoms with van der Waals surface area (Å²) in [7, 11) is 0. The van der Waals surface area contributed by atoms with E-state index in [2.05, 4.69) is 42.5 Å². The number of benzene rings is 2. The van der Waals surface area contributed by atoms with Crippen molar-refractivity contribution in [2.45, 2.75) is 17.8 Å². The van der Waals surface area contributed by atoms with Gasteiger partial charge in [0.15, 0.2) is 0 Å². The van der Waals surface area contributed by atoms with Gasteiger partial charge in [0, 0.05) is 28.9 Å². The smallest absolute Gasteiger partial charge is 0.0707 e. The molecule has 100 valence electrons. The molecule has 2 atom stereocenters. The van der Waals surface area contributed by atoms with Crippen molar-refractivity contribution >= 4 is 34.3 Å². The Labute approximate surface area is 122 Å². The van der Waals surface area contributed by atoms with Gasteiger partial charge in [0.2, 0.25) is 0 Å². The minimum atomic E-state index is -0.233. The molecule has 1 aliphatic heterocycles. The molecule has 1 N–H and O–H groups in total. The van der Waals surface area contributed by atoms with Gasteiger partial charge in [-0.15, -0.1) is 0 Å². The lowest BCUT2D eigenvalue weighted by Gasteiger charge is -2.26. The summed E-state index contributed by atoms with van der Waals surface area (Å²) in [5, 5.41) is 13.4. The first kappa shape index (κ1) is 13.3. The Bertz CT molecular complexity index is 544. The molecular formula is C16H18OS2. The van der Waals surface area contributed by atoms with E-state index >= 15 is 0 Å². The lowest BCUT2D eigenvalue weighted by atomic mass is 9.99. The maximum Gasteiger partial charge on any atom is 0.0707 e. The Kier molecular flexibility index (Phi) is 4.36. The predicted octanol–water partition coefficient (Wildman–Crippen LogP) is 3.59. The molecule has 0 radical (unpaired) electrons. The molecule has 1 aliphatic rings. The van der Waals surface area contributed by atoms with Gasteiger partial charge in [-0.2, -0.15) is 23.5 Å². The molecule has 19 heavy (non-hydrogen) atoms. The highest BCUT2D eigenvalue weighted by atomic mass is 32.2. The third-order valence-corrected chi connectivity index (χ3v) is 6.49. The van der Waals surface area contributed by atoms with E-state index < -0.39 is 0 Å². The van der Waals surface area contributed by atoms with Gasteiger partial charge in [-0.1, -0.05) is 42.5 Å². The van der Waals surface area contributed by atoms with Crippen LogP contribution >= 0.6 is 23.5 Å². The fourth-order valence-corrected chi connectivity index (χ4v) is 5.33. The van der Waals surface area contributed by atoms with Crippen LogP contribution in [0.25, 0.3) is 10.8 Å². The van der Waals surface area contributed by atoms with Gasteiger partial charge in [-0.25, -0.2) is 0 Å². The van der Waals surface area contributed by atoms with E-state index in [0.29, 0.717) is 5.25 Å². The van der Waals surface area contributed by atoms with E-state index in [9.17, 15) is 5.11 Å². The van der Waals surface area contributed by atoms with Crippen LogP contribution in [0.15, 0.2) is 42.5 Å². The highest BCUT2D eigenvalue weighted by Gasteiger charge is 2.23. The fraction of sp³-hybridized carbons (Fsp3) is 0.375. The van der Waals surface area contributed by atoms with Crippen LogP contribution in [0.4, 0.5) is 0 Å². The third kappa shape index (κ3) is 3.10. The molecule has 2 unspecified atom stereocenters. The Balaban J connectivity index is 1.80. The van der Waals surface area contributed by atoms with Crippen LogP contribution in [0.3, 0.4) is 0 Å². The van der Waals surface area contributed by atoms with E-state index in [-0.39, 0.29) is 6.10 Å². The zero-order chi connectivity index (χ0) is 13.1. The largest absolute Gasteiger partial charge is 0.392 e. The SMILES string of the molecule is OC(Cc1cccc2ccccc12)C1CSCCS1. The summed E-state index contributed by atoms with van der Waals surface area (Å²) in [6.07, 6.45) is 0.531. The van der Waals surface area contributed by atoms with E-state index in [1.54, 1.807) is 0 Å². The number of hydrogen-bond acceptors (Lipinski definition) is 3.